The lowest BCUT2D eigenvalue weighted by Gasteiger charge is -2.19. The minimum atomic E-state index is -0.501. The maximum atomic E-state index is 12.6. The minimum absolute atomic E-state index is 0.00746. The SMILES string of the molecule is CCN(Cc1cccc(NC(=O)c2ccc(Oc3ccc(C(N)=O)cc3)cc2)c1)C(C)=O. The summed E-state index contributed by atoms with van der Waals surface area (Å²) in [6.45, 7) is 4.58. The van der Waals surface area contributed by atoms with Crippen molar-refractivity contribution in [3.05, 3.63) is 89.5 Å². The zero-order chi connectivity index (χ0) is 23.1. The van der Waals surface area contributed by atoms with Crippen LogP contribution < -0.4 is 15.8 Å². The van der Waals surface area contributed by atoms with Crippen LogP contribution in [0.4, 0.5) is 5.69 Å². The fraction of sp³-hybridized carbons (Fsp3) is 0.160. The van der Waals surface area contributed by atoms with Gasteiger partial charge in [-0.1, -0.05) is 12.1 Å². The molecule has 0 unspecified atom stereocenters. The van der Waals surface area contributed by atoms with Gasteiger partial charge in [-0.15, -0.1) is 0 Å². The minimum Gasteiger partial charge on any atom is -0.457 e. The van der Waals surface area contributed by atoms with Crippen molar-refractivity contribution in [2.45, 2.75) is 20.4 Å². The molecular weight excluding hydrogens is 406 g/mol. The molecule has 164 valence electrons. The first-order valence-corrected chi connectivity index (χ1v) is 10.2. The normalized spacial score (nSPS) is 10.3. The molecular formula is C25H25N3O4. The summed E-state index contributed by atoms with van der Waals surface area (Å²) in [5.74, 6) is 0.362. The Balaban J connectivity index is 1.63. The van der Waals surface area contributed by atoms with Gasteiger partial charge in [0.15, 0.2) is 0 Å². The van der Waals surface area contributed by atoms with Crippen LogP contribution in [-0.2, 0) is 11.3 Å². The third-order valence-electron chi connectivity index (χ3n) is 4.88. The van der Waals surface area contributed by atoms with Gasteiger partial charge in [-0.2, -0.15) is 0 Å². The Labute approximate surface area is 186 Å². The number of ether oxygens (including phenoxy) is 1. The first kappa shape index (κ1) is 22.6. The van der Waals surface area contributed by atoms with E-state index < -0.39 is 5.91 Å². The zero-order valence-corrected chi connectivity index (χ0v) is 18.0. The van der Waals surface area contributed by atoms with E-state index in [4.69, 9.17) is 10.5 Å². The van der Waals surface area contributed by atoms with E-state index in [1.54, 1.807) is 66.4 Å². The summed E-state index contributed by atoms with van der Waals surface area (Å²) < 4.78 is 5.73. The van der Waals surface area contributed by atoms with Crippen LogP contribution in [0, 0.1) is 0 Å². The number of anilines is 1. The number of carbonyl (C=O) groups is 3. The second-order valence-electron chi connectivity index (χ2n) is 7.20. The van der Waals surface area contributed by atoms with Crippen LogP contribution in [0.1, 0.15) is 40.1 Å². The van der Waals surface area contributed by atoms with Crippen molar-refractivity contribution in [1.29, 1.82) is 0 Å². The van der Waals surface area contributed by atoms with Crippen molar-refractivity contribution in [3.63, 3.8) is 0 Å². The molecule has 3 aromatic carbocycles. The lowest BCUT2D eigenvalue weighted by molar-refractivity contribution is -0.129. The second-order valence-corrected chi connectivity index (χ2v) is 7.20. The lowest BCUT2D eigenvalue weighted by atomic mass is 10.1. The van der Waals surface area contributed by atoms with E-state index in [1.807, 2.05) is 25.1 Å². The summed E-state index contributed by atoms with van der Waals surface area (Å²) >= 11 is 0. The molecule has 0 aromatic heterocycles. The molecule has 0 saturated carbocycles. The van der Waals surface area contributed by atoms with Gasteiger partial charge >= 0.3 is 0 Å². The van der Waals surface area contributed by atoms with Crippen molar-refractivity contribution in [1.82, 2.24) is 4.90 Å². The number of nitrogens with two attached hydrogens (primary N) is 1. The monoisotopic (exact) mass is 431 g/mol. The quantitative estimate of drug-likeness (QED) is 0.558. The van der Waals surface area contributed by atoms with Gasteiger partial charge in [0.05, 0.1) is 0 Å². The average Bonchev–Trinajstić information content (AvgIpc) is 2.78. The van der Waals surface area contributed by atoms with Gasteiger partial charge in [-0.25, -0.2) is 0 Å². The molecule has 3 amide bonds. The molecule has 3 rings (SSSR count). The predicted molar refractivity (Wildman–Crippen MR) is 123 cm³/mol. The fourth-order valence-corrected chi connectivity index (χ4v) is 3.11. The van der Waals surface area contributed by atoms with Gasteiger partial charge < -0.3 is 20.7 Å². The number of hydrogen-bond acceptors (Lipinski definition) is 4. The number of carbonyl (C=O) groups excluding carboxylic acids is 3. The molecule has 0 aliphatic carbocycles. The topological polar surface area (TPSA) is 102 Å². The molecule has 0 aliphatic rings. The first-order chi connectivity index (χ1) is 15.4. The molecule has 0 aliphatic heterocycles. The number of amides is 3. The van der Waals surface area contributed by atoms with Crippen LogP contribution in [0.25, 0.3) is 0 Å². The summed E-state index contributed by atoms with van der Waals surface area (Å²) in [6, 6.07) is 20.6. The van der Waals surface area contributed by atoms with Gasteiger partial charge in [-0.3, -0.25) is 14.4 Å². The maximum absolute atomic E-state index is 12.6. The van der Waals surface area contributed by atoms with Crippen LogP contribution >= 0.6 is 0 Å². The number of hydrogen-bond donors (Lipinski definition) is 2. The Kier molecular flexibility index (Phi) is 7.23. The summed E-state index contributed by atoms with van der Waals surface area (Å²) in [5, 5.41) is 2.88. The number of benzene rings is 3. The Morgan fingerprint density at radius 2 is 1.50 bits per heavy atom. The average molecular weight is 431 g/mol. The molecule has 0 bridgehead atoms. The molecule has 0 atom stereocenters. The highest BCUT2D eigenvalue weighted by atomic mass is 16.5. The number of rotatable bonds is 8. The summed E-state index contributed by atoms with van der Waals surface area (Å²) in [4.78, 5) is 37.1. The molecule has 7 nitrogen and oxygen atoms in total. The molecule has 0 fully saturated rings. The van der Waals surface area contributed by atoms with E-state index in [1.165, 1.54) is 0 Å². The van der Waals surface area contributed by atoms with E-state index >= 15 is 0 Å². The zero-order valence-electron chi connectivity index (χ0n) is 18.0. The van der Waals surface area contributed by atoms with Crippen molar-refractivity contribution < 1.29 is 19.1 Å². The third-order valence-corrected chi connectivity index (χ3v) is 4.88. The molecule has 0 spiro atoms. The van der Waals surface area contributed by atoms with Crippen LogP contribution in [0.3, 0.4) is 0 Å². The van der Waals surface area contributed by atoms with Gasteiger partial charge in [0.25, 0.3) is 5.91 Å². The predicted octanol–water partition coefficient (Wildman–Crippen LogP) is 4.20. The van der Waals surface area contributed by atoms with Crippen LogP contribution in [-0.4, -0.2) is 29.2 Å². The summed E-state index contributed by atoms with van der Waals surface area (Å²) in [7, 11) is 0. The fourth-order valence-electron chi connectivity index (χ4n) is 3.11. The number of nitrogens with one attached hydrogen (secondary N) is 1. The number of primary amides is 1. The van der Waals surface area contributed by atoms with Gasteiger partial charge in [0.2, 0.25) is 11.8 Å². The Bertz CT molecular complexity index is 1110. The van der Waals surface area contributed by atoms with E-state index in [9.17, 15) is 14.4 Å². The van der Waals surface area contributed by atoms with Crippen LogP contribution in [0.5, 0.6) is 11.5 Å². The highest BCUT2D eigenvalue weighted by molar-refractivity contribution is 6.04. The van der Waals surface area contributed by atoms with Gasteiger partial charge in [0.1, 0.15) is 11.5 Å². The molecule has 0 saturated heterocycles. The molecule has 7 heteroatoms. The lowest BCUT2D eigenvalue weighted by Crippen LogP contribution is -2.27. The largest absolute Gasteiger partial charge is 0.457 e. The molecule has 0 radical (unpaired) electrons. The molecule has 3 aromatic rings. The van der Waals surface area contributed by atoms with E-state index in [2.05, 4.69) is 5.32 Å². The highest BCUT2D eigenvalue weighted by Gasteiger charge is 2.10. The van der Waals surface area contributed by atoms with Crippen molar-refractivity contribution in [2.24, 2.45) is 5.73 Å². The van der Waals surface area contributed by atoms with Crippen LogP contribution in [0.2, 0.25) is 0 Å². The number of nitrogens with zero attached hydrogens (tertiary/aromatic N) is 1. The standard InChI is InChI=1S/C25H25N3O4/c1-3-28(17(2)29)16-18-5-4-6-21(15-18)27-25(31)20-9-13-23(14-10-20)32-22-11-7-19(8-12-22)24(26)30/h4-15H,3,16H2,1-2H3,(H2,26,30)(H,27,31). The van der Waals surface area contributed by atoms with Crippen molar-refractivity contribution in [3.8, 4) is 11.5 Å². The smallest absolute Gasteiger partial charge is 0.255 e. The van der Waals surface area contributed by atoms with Gasteiger partial charge in [-0.05, 0) is 73.2 Å². The first-order valence-electron chi connectivity index (χ1n) is 10.2. The summed E-state index contributed by atoms with van der Waals surface area (Å²) in [5.41, 5.74) is 7.70. The Morgan fingerprint density at radius 1 is 0.906 bits per heavy atom. The van der Waals surface area contributed by atoms with Crippen molar-refractivity contribution in [2.75, 3.05) is 11.9 Å². The molecule has 32 heavy (non-hydrogen) atoms. The Hall–Kier alpha value is -4.13. The van der Waals surface area contributed by atoms with E-state index in [0.717, 1.165) is 5.56 Å². The molecule has 0 heterocycles. The maximum Gasteiger partial charge on any atom is 0.255 e. The van der Waals surface area contributed by atoms with Crippen LogP contribution in [0.15, 0.2) is 72.8 Å². The molecule has 3 N–H and O–H groups in total. The van der Waals surface area contributed by atoms with E-state index in [0.29, 0.717) is 41.4 Å². The highest BCUT2D eigenvalue weighted by Crippen LogP contribution is 2.22. The van der Waals surface area contributed by atoms with E-state index in [-0.39, 0.29) is 11.8 Å². The summed E-state index contributed by atoms with van der Waals surface area (Å²) in [6.07, 6.45) is 0. The third kappa shape index (κ3) is 5.95. The van der Waals surface area contributed by atoms with Crippen molar-refractivity contribution >= 4 is 23.4 Å². The second kappa shape index (κ2) is 10.3. The Morgan fingerprint density at radius 3 is 2.03 bits per heavy atom. The van der Waals surface area contributed by atoms with Gasteiger partial charge in [0, 0.05) is 36.8 Å².